The summed E-state index contributed by atoms with van der Waals surface area (Å²) in [6, 6.07) is 0. The number of carbonyl (C=O) groups is 1. The molecule has 7 rings (SSSR count). The second-order valence-electron chi connectivity index (χ2n) is 17.4. The lowest BCUT2D eigenvalue weighted by Crippen LogP contribution is -2.56. The van der Waals surface area contributed by atoms with E-state index < -0.39 is 48.4 Å². The molecule has 5 unspecified atom stereocenters. The highest BCUT2D eigenvalue weighted by atomic mass is 16.7. The largest absolute Gasteiger partial charge is 0.457 e. The van der Waals surface area contributed by atoms with Crippen LogP contribution in [0.3, 0.4) is 0 Å². The van der Waals surface area contributed by atoms with Crippen LogP contribution < -0.4 is 0 Å². The second-order valence-corrected chi connectivity index (χ2v) is 17.4. The minimum atomic E-state index is -1.24. The van der Waals surface area contributed by atoms with Gasteiger partial charge in [-0.2, -0.15) is 0 Å². The number of fused-ring (bicyclic) bond motifs is 4. The number of carbonyl (C=O) groups excluding carboxylic acids is 1. The van der Waals surface area contributed by atoms with E-state index in [1.165, 1.54) is 19.8 Å². The van der Waals surface area contributed by atoms with Gasteiger partial charge in [-0.25, -0.2) is 0 Å². The molecule has 2 heterocycles. The van der Waals surface area contributed by atoms with E-state index in [4.69, 9.17) is 18.9 Å². The van der Waals surface area contributed by atoms with Gasteiger partial charge in [-0.1, -0.05) is 48.5 Å². The maximum Gasteiger partial charge on any atom is 0.303 e. The van der Waals surface area contributed by atoms with Gasteiger partial charge in [-0.15, -0.1) is 0 Å². The predicted molar refractivity (Wildman–Crippen MR) is 183 cm³/mol. The number of aliphatic hydroxyl groups is 4. The Morgan fingerprint density at radius 3 is 2.17 bits per heavy atom. The molecular formula is C39H68O9. The Kier molecular flexibility index (Phi) is 10.9. The SMILES string of the molecule is CC.CC.CC(=O)O[C@@H]([C@H]1CCC2[C@H](O1)[C@H](O)C1[C@@H]3CCC4C(C)(C)[C@@H](OC5C[C@@H](O)[C@H](O)CO5)CCC45C[C@@]35CC[C@]21C)C(C)(C)O. The van der Waals surface area contributed by atoms with Crippen molar-refractivity contribution < 1.29 is 44.2 Å². The van der Waals surface area contributed by atoms with Crippen LogP contribution in [0.4, 0.5) is 0 Å². The first-order chi connectivity index (χ1) is 22.5. The summed E-state index contributed by atoms with van der Waals surface area (Å²) in [5.74, 6) is 1.00. The first kappa shape index (κ1) is 38.4. The first-order valence-electron chi connectivity index (χ1n) is 19.4. The van der Waals surface area contributed by atoms with Crippen molar-refractivity contribution in [1.29, 1.82) is 0 Å². The normalized spacial score (nSPS) is 49.1. The molecule has 2 saturated heterocycles. The average molecular weight is 681 g/mol. The third-order valence-corrected chi connectivity index (χ3v) is 14.5. The van der Waals surface area contributed by atoms with Gasteiger partial charge in [0.2, 0.25) is 0 Å². The van der Waals surface area contributed by atoms with E-state index in [9.17, 15) is 25.2 Å². The molecule has 4 N–H and O–H groups in total. The second kappa shape index (κ2) is 13.6. The molecule has 15 atom stereocenters. The van der Waals surface area contributed by atoms with Crippen molar-refractivity contribution in [1.82, 2.24) is 0 Å². The third-order valence-electron chi connectivity index (χ3n) is 14.5. The number of esters is 1. The van der Waals surface area contributed by atoms with E-state index in [0.717, 1.165) is 38.5 Å². The zero-order valence-electron chi connectivity index (χ0n) is 31.5. The van der Waals surface area contributed by atoms with Gasteiger partial charge in [0.05, 0.1) is 42.7 Å². The molecule has 0 radical (unpaired) electrons. The lowest BCUT2D eigenvalue weighted by atomic mass is 9.46. The van der Waals surface area contributed by atoms with E-state index in [1.54, 1.807) is 13.8 Å². The number of aliphatic hydroxyl groups excluding tert-OH is 3. The number of ether oxygens (including phenoxy) is 4. The number of hydrogen-bond donors (Lipinski definition) is 4. The van der Waals surface area contributed by atoms with Crippen LogP contribution in [0.25, 0.3) is 0 Å². The van der Waals surface area contributed by atoms with E-state index in [-0.39, 0.29) is 52.3 Å². The number of rotatable bonds is 5. The third kappa shape index (κ3) is 5.91. The average Bonchev–Trinajstić information content (AvgIpc) is 3.65. The van der Waals surface area contributed by atoms with Gasteiger partial charge in [0.1, 0.15) is 6.10 Å². The van der Waals surface area contributed by atoms with Crippen molar-refractivity contribution in [3.63, 3.8) is 0 Å². The van der Waals surface area contributed by atoms with Crippen LogP contribution in [-0.2, 0) is 23.7 Å². The topological polar surface area (TPSA) is 135 Å². The van der Waals surface area contributed by atoms with Crippen molar-refractivity contribution in [3.05, 3.63) is 0 Å². The van der Waals surface area contributed by atoms with E-state index in [2.05, 4.69) is 20.8 Å². The van der Waals surface area contributed by atoms with Crippen LogP contribution in [0.1, 0.15) is 133 Å². The van der Waals surface area contributed by atoms with Gasteiger partial charge in [0, 0.05) is 13.3 Å². The maximum atomic E-state index is 12.1. The van der Waals surface area contributed by atoms with Gasteiger partial charge in [0.25, 0.3) is 0 Å². The summed E-state index contributed by atoms with van der Waals surface area (Å²) >= 11 is 0. The smallest absolute Gasteiger partial charge is 0.303 e. The molecule has 278 valence electrons. The minimum Gasteiger partial charge on any atom is -0.457 e. The van der Waals surface area contributed by atoms with Crippen LogP contribution in [-0.4, -0.2) is 87.6 Å². The van der Waals surface area contributed by atoms with Crippen LogP contribution >= 0.6 is 0 Å². The molecular weight excluding hydrogens is 612 g/mol. The van der Waals surface area contributed by atoms with E-state index in [0.29, 0.717) is 24.7 Å². The first-order valence-corrected chi connectivity index (χ1v) is 19.4. The quantitative estimate of drug-likeness (QED) is 0.211. The summed E-state index contributed by atoms with van der Waals surface area (Å²) in [6.07, 6.45) is 5.58. The Hall–Kier alpha value is -0.810. The van der Waals surface area contributed by atoms with Crippen molar-refractivity contribution in [2.75, 3.05) is 6.61 Å². The lowest BCUT2D eigenvalue weighted by Gasteiger charge is -2.60. The van der Waals surface area contributed by atoms with Crippen molar-refractivity contribution in [2.45, 2.75) is 188 Å². The summed E-state index contributed by atoms with van der Waals surface area (Å²) in [4.78, 5) is 11.9. The molecule has 7 aliphatic rings. The highest BCUT2D eigenvalue weighted by molar-refractivity contribution is 5.66. The van der Waals surface area contributed by atoms with E-state index in [1.807, 2.05) is 27.7 Å². The molecule has 48 heavy (non-hydrogen) atoms. The zero-order chi connectivity index (χ0) is 35.6. The zero-order valence-corrected chi connectivity index (χ0v) is 31.5. The van der Waals surface area contributed by atoms with Crippen molar-refractivity contribution >= 4 is 5.97 Å². The van der Waals surface area contributed by atoms with Crippen molar-refractivity contribution in [3.8, 4) is 0 Å². The summed E-state index contributed by atoms with van der Waals surface area (Å²) in [7, 11) is 0. The molecule has 9 nitrogen and oxygen atoms in total. The highest BCUT2D eigenvalue weighted by Gasteiger charge is 2.81. The van der Waals surface area contributed by atoms with Gasteiger partial charge < -0.3 is 39.4 Å². The summed E-state index contributed by atoms with van der Waals surface area (Å²) in [6.45, 7) is 19.9. The summed E-state index contributed by atoms with van der Waals surface area (Å²) in [5.41, 5.74) is -0.745. The fourth-order valence-corrected chi connectivity index (χ4v) is 12.6. The molecule has 9 heteroatoms. The standard InChI is InChI=1S/C35H56O9.2C2H6/c1-18(36)42-30(32(4,5)40)23-9-7-20-29(43-23)28(39)27-19-8-10-24-31(2,3)25(44-26-15-21(37)22(38)16-41-26)11-12-35(24)17-34(19,35)14-13-33(20,27)6;2*1-2/h19-30,37-40H,7-17H2,1-6H3;2*1-2H3/t19-,20?,21+,22+,23+,24?,25-,26?,27?,28+,29-,30-,33+,34-,35?;;/m0../s1. The summed E-state index contributed by atoms with van der Waals surface area (Å²) < 4.78 is 24.6. The van der Waals surface area contributed by atoms with E-state index >= 15 is 0 Å². The molecule has 0 aromatic heterocycles. The van der Waals surface area contributed by atoms with Crippen molar-refractivity contribution in [2.24, 2.45) is 45.3 Å². The Morgan fingerprint density at radius 1 is 0.875 bits per heavy atom. The monoisotopic (exact) mass is 680 g/mol. The van der Waals surface area contributed by atoms with Crippen LogP contribution in [0, 0.1) is 45.3 Å². The summed E-state index contributed by atoms with van der Waals surface area (Å²) in [5, 5.41) is 43.1. The molecule has 2 spiro atoms. The predicted octanol–water partition coefficient (Wildman–Crippen LogP) is 5.77. The molecule has 0 aromatic rings. The molecule has 2 aliphatic heterocycles. The minimum absolute atomic E-state index is 0.00675. The fraction of sp³-hybridized carbons (Fsp3) is 0.974. The Morgan fingerprint density at radius 2 is 1.54 bits per heavy atom. The van der Waals surface area contributed by atoms with Gasteiger partial charge >= 0.3 is 5.97 Å². The van der Waals surface area contributed by atoms with Crippen LogP contribution in [0.2, 0.25) is 0 Å². The van der Waals surface area contributed by atoms with Gasteiger partial charge in [-0.05, 0) is 117 Å². The molecule has 0 amide bonds. The Balaban J connectivity index is 0.00000109. The maximum absolute atomic E-state index is 12.1. The van der Waals surface area contributed by atoms with Gasteiger partial charge in [-0.3, -0.25) is 4.79 Å². The Bertz CT molecular complexity index is 1140. The molecule has 5 saturated carbocycles. The molecule has 0 bridgehead atoms. The lowest BCUT2D eigenvalue weighted by molar-refractivity contribution is -0.264. The van der Waals surface area contributed by atoms with Crippen LogP contribution in [0.5, 0.6) is 0 Å². The number of hydrogen-bond acceptors (Lipinski definition) is 9. The van der Waals surface area contributed by atoms with Crippen LogP contribution in [0.15, 0.2) is 0 Å². The van der Waals surface area contributed by atoms with Gasteiger partial charge in [0.15, 0.2) is 12.4 Å². The highest BCUT2D eigenvalue weighted by Crippen LogP contribution is 2.87. The molecule has 7 fully saturated rings. The molecule has 5 aliphatic carbocycles. The fourth-order valence-electron chi connectivity index (χ4n) is 12.6. The molecule has 0 aromatic carbocycles. The Labute approximate surface area is 289 Å².